The van der Waals surface area contributed by atoms with Gasteiger partial charge in [0, 0.05) is 40.0 Å². The fourth-order valence-electron chi connectivity index (χ4n) is 3.94. The van der Waals surface area contributed by atoms with E-state index >= 15 is 0 Å². The smallest absolute Gasteiger partial charge is 0.109 e. The molecule has 47 heavy (non-hydrogen) atoms. The van der Waals surface area contributed by atoms with Crippen LogP contribution in [0.15, 0.2) is 119 Å². The SMILES string of the molecule is CC(C)(C)c1ccc[nH]1.CC(C)(C)c1ccccc1.CC(C)(C)c1ccccn1.CC(C)(C)c1ccco1.CC(C)(C)c1ccoc1. The molecule has 4 aromatic heterocycles. The lowest BCUT2D eigenvalue weighted by molar-refractivity contribution is 0.409. The lowest BCUT2D eigenvalue weighted by atomic mass is 9.87. The minimum atomic E-state index is 0.156. The van der Waals surface area contributed by atoms with Crippen molar-refractivity contribution in [3.05, 3.63) is 138 Å². The highest BCUT2D eigenvalue weighted by Crippen LogP contribution is 2.23. The van der Waals surface area contributed by atoms with Crippen LogP contribution < -0.4 is 0 Å². The van der Waals surface area contributed by atoms with E-state index in [2.05, 4.69) is 156 Å². The average molecular weight is 641 g/mol. The number of nitrogens with one attached hydrogen (secondary N) is 1. The van der Waals surface area contributed by atoms with Crippen molar-refractivity contribution in [3.8, 4) is 0 Å². The van der Waals surface area contributed by atoms with Crippen LogP contribution in [-0.4, -0.2) is 9.97 Å². The number of aromatic nitrogens is 2. The van der Waals surface area contributed by atoms with Gasteiger partial charge in [-0.2, -0.15) is 0 Å². The number of aromatic amines is 1. The standard InChI is InChI=1S/C10H14.C9H13N.C8H13N.2C8H12O/c1-10(2,3)9-7-5-4-6-8-9;1-9(2,3)8-6-4-5-7-10-8;1-8(2,3)7-5-4-6-9-7;1-8(2,3)7-4-5-9-6-7;1-8(2,3)7-5-4-6-9-7/h4-8H,1-3H3;4-7H,1-3H3;4-6,9H,1-3H3;2*4-6H,1-3H3. The molecular formula is C43H64N2O2. The molecule has 0 aliphatic rings. The number of hydrogen-bond acceptors (Lipinski definition) is 3. The summed E-state index contributed by atoms with van der Waals surface area (Å²) in [5, 5.41) is 0. The lowest BCUT2D eigenvalue weighted by Gasteiger charge is -2.18. The molecule has 0 aliphatic carbocycles. The molecule has 4 heteroatoms. The van der Waals surface area contributed by atoms with Gasteiger partial charge >= 0.3 is 0 Å². The van der Waals surface area contributed by atoms with Gasteiger partial charge in [-0.3, -0.25) is 4.98 Å². The molecule has 0 radical (unpaired) electrons. The van der Waals surface area contributed by atoms with Crippen molar-refractivity contribution in [2.75, 3.05) is 0 Å². The zero-order valence-electron chi connectivity index (χ0n) is 32.2. The molecule has 0 aliphatic heterocycles. The number of rotatable bonds is 0. The maximum atomic E-state index is 5.20. The Morgan fingerprint density at radius 1 is 0.489 bits per heavy atom. The Kier molecular flexibility index (Phi) is 15.7. The summed E-state index contributed by atoms with van der Waals surface area (Å²) in [4.78, 5) is 7.43. The summed E-state index contributed by atoms with van der Waals surface area (Å²) >= 11 is 0. The molecule has 1 N–H and O–H groups in total. The second kappa shape index (κ2) is 17.9. The fourth-order valence-corrected chi connectivity index (χ4v) is 3.94. The molecule has 0 fully saturated rings. The highest BCUT2D eigenvalue weighted by Gasteiger charge is 2.16. The molecule has 0 spiro atoms. The summed E-state index contributed by atoms with van der Waals surface area (Å²) in [6.07, 6.45) is 9.00. The topological polar surface area (TPSA) is 55.0 Å². The largest absolute Gasteiger partial charge is 0.472 e. The van der Waals surface area contributed by atoms with Crippen LogP contribution in [0.2, 0.25) is 0 Å². The van der Waals surface area contributed by atoms with Gasteiger partial charge in [-0.1, -0.05) is 140 Å². The molecule has 1 aromatic carbocycles. The molecule has 5 rings (SSSR count). The van der Waals surface area contributed by atoms with Crippen LogP contribution in [0.4, 0.5) is 0 Å². The third-order valence-corrected chi connectivity index (χ3v) is 7.13. The van der Waals surface area contributed by atoms with E-state index in [1.807, 2.05) is 48.8 Å². The Balaban J connectivity index is 0.000000294. The van der Waals surface area contributed by atoms with Crippen LogP contribution in [-0.2, 0) is 27.1 Å². The zero-order chi connectivity index (χ0) is 35.9. The first-order chi connectivity index (χ1) is 21.5. The first-order valence-electron chi connectivity index (χ1n) is 16.7. The maximum absolute atomic E-state index is 5.20. The van der Waals surface area contributed by atoms with Gasteiger partial charge in [0.2, 0.25) is 0 Å². The monoisotopic (exact) mass is 640 g/mol. The molecule has 5 aromatic rings. The summed E-state index contributed by atoms with van der Waals surface area (Å²) in [6, 6.07) is 26.6. The quantitative estimate of drug-likeness (QED) is 0.183. The third kappa shape index (κ3) is 17.1. The van der Waals surface area contributed by atoms with Crippen molar-refractivity contribution in [1.29, 1.82) is 0 Å². The van der Waals surface area contributed by atoms with E-state index in [1.54, 1.807) is 18.8 Å². The predicted molar refractivity (Wildman–Crippen MR) is 202 cm³/mol. The van der Waals surface area contributed by atoms with Crippen LogP contribution >= 0.6 is 0 Å². The Morgan fingerprint density at radius 3 is 1.34 bits per heavy atom. The molecular weight excluding hydrogens is 576 g/mol. The number of nitrogens with zero attached hydrogens (tertiary/aromatic N) is 1. The van der Waals surface area contributed by atoms with Crippen molar-refractivity contribution in [2.45, 2.75) is 131 Å². The molecule has 0 saturated heterocycles. The molecule has 4 heterocycles. The Bertz CT molecular complexity index is 1280. The van der Waals surface area contributed by atoms with Crippen molar-refractivity contribution < 1.29 is 8.83 Å². The fraction of sp³-hybridized carbons (Fsp3) is 0.465. The average Bonchev–Trinajstić information content (AvgIpc) is 3.77. The van der Waals surface area contributed by atoms with E-state index in [-0.39, 0.29) is 21.7 Å². The molecule has 0 saturated carbocycles. The number of pyridine rings is 1. The van der Waals surface area contributed by atoms with Gasteiger partial charge in [-0.05, 0) is 64.4 Å². The minimum Gasteiger partial charge on any atom is -0.472 e. The van der Waals surface area contributed by atoms with Crippen LogP contribution in [0.1, 0.15) is 132 Å². The molecule has 0 unspecified atom stereocenters. The second-order valence-electron chi connectivity index (χ2n) is 16.9. The molecule has 0 atom stereocenters. The van der Waals surface area contributed by atoms with Gasteiger partial charge in [-0.15, -0.1) is 0 Å². The number of H-pyrrole nitrogens is 1. The maximum Gasteiger partial charge on any atom is 0.109 e. The summed E-state index contributed by atoms with van der Waals surface area (Å²) in [6.45, 7) is 32.6. The van der Waals surface area contributed by atoms with Gasteiger partial charge in [0.05, 0.1) is 18.8 Å². The first-order valence-corrected chi connectivity index (χ1v) is 16.7. The molecule has 0 bridgehead atoms. The minimum absolute atomic E-state index is 0.156. The summed E-state index contributed by atoms with van der Waals surface area (Å²) < 4.78 is 10.1. The van der Waals surface area contributed by atoms with Gasteiger partial charge in [-0.25, -0.2) is 0 Å². The van der Waals surface area contributed by atoms with E-state index in [9.17, 15) is 0 Å². The predicted octanol–water partition coefficient (Wildman–Crippen LogP) is 12.8. The highest BCUT2D eigenvalue weighted by molar-refractivity contribution is 5.22. The summed E-state index contributed by atoms with van der Waals surface area (Å²) in [5.74, 6) is 1.04. The molecule has 4 nitrogen and oxygen atoms in total. The highest BCUT2D eigenvalue weighted by atomic mass is 16.3. The van der Waals surface area contributed by atoms with Crippen molar-refractivity contribution in [1.82, 2.24) is 9.97 Å². The Hall–Kier alpha value is -3.79. The third-order valence-electron chi connectivity index (χ3n) is 7.13. The van der Waals surface area contributed by atoms with Gasteiger partial charge in [0.1, 0.15) is 5.76 Å². The second-order valence-corrected chi connectivity index (χ2v) is 16.9. The van der Waals surface area contributed by atoms with Crippen LogP contribution in [0, 0.1) is 0 Å². The summed E-state index contributed by atoms with van der Waals surface area (Å²) in [7, 11) is 0. The van der Waals surface area contributed by atoms with Gasteiger partial charge < -0.3 is 13.8 Å². The van der Waals surface area contributed by atoms with Gasteiger partial charge in [0.15, 0.2) is 0 Å². The van der Waals surface area contributed by atoms with E-state index < -0.39 is 0 Å². The normalized spacial score (nSPS) is 11.7. The number of benzene rings is 1. The Morgan fingerprint density at radius 2 is 1.09 bits per heavy atom. The van der Waals surface area contributed by atoms with E-state index in [0.717, 1.165) is 11.5 Å². The molecule has 0 amide bonds. The first kappa shape index (κ1) is 41.2. The Labute approximate surface area is 287 Å². The van der Waals surface area contributed by atoms with E-state index in [0.29, 0.717) is 5.41 Å². The van der Waals surface area contributed by atoms with Crippen LogP contribution in [0.5, 0.6) is 0 Å². The van der Waals surface area contributed by atoms with Crippen molar-refractivity contribution in [3.63, 3.8) is 0 Å². The zero-order valence-corrected chi connectivity index (χ0v) is 32.2. The number of furan rings is 2. The van der Waals surface area contributed by atoms with Crippen LogP contribution in [0.3, 0.4) is 0 Å². The summed E-state index contributed by atoms with van der Waals surface area (Å²) in [5.41, 5.74) is 6.22. The van der Waals surface area contributed by atoms with E-state index in [1.165, 1.54) is 16.8 Å². The van der Waals surface area contributed by atoms with Crippen LogP contribution in [0.25, 0.3) is 0 Å². The number of hydrogen-bond donors (Lipinski definition) is 1. The van der Waals surface area contributed by atoms with Gasteiger partial charge in [0.25, 0.3) is 0 Å². The lowest BCUT2D eigenvalue weighted by Crippen LogP contribution is -2.12. The van der Waals surface area contributed by atoms with Crippen molar-refractivity contribution >= 4 is 0 Å². The van der Waals surface area contributed by atoms with Crippen molar-refractivity contribution in [2.24, 2.45) is 0 Å². The molecule has 258 valence electrons. The van der Waals surface area contributed by atoms with E-state index in [4.69, 9.17) is 8.83 Å².